The molecular weight excluding hydrogens is 278 g/mol. The van der Waals surface area contributed by atoms with Crippen LogP contribution in [0.5, 0.6) is 0 Å². The number of aromatic nitrogens is 1. The Morgan fingerprint density at radius 3 is 2.05 bits per heavy atom. The summed E-state index contributed by atoms with van der Waals surface area (Å²) in [5.41, 5.74) is 1.18. The van der Waals surface area contributed by atoms with Crippen molar-refractivity contribution in [3.05, 3.63) is 10.6 Å². The lowest BCUT2D eigenvalue weighted by atomic mass is 10.1. The Morgan fingerprint density at radius 1 is 1.00 bits per heavy atom. The van der Waals surface area contributed by atoms with Gasteiger partial charge < -0.3 is 10.2 Å². The predicted molar refractivity (Wildman–Crippen MR) is 95.3 cm³/mol. The molecule has 0 fully saturated rings. The van der Waals surface area contributed by atoms with Gasteiger partial charge in [-0.1, -0.05) is 41.5 Å². The summed E-state index contributed by atoms with van der Waals surface area (Å²) in [7, 11) is 0. The quantitative estimate of drug-likeness (QED) is 0.736. The Labute approximate surface area is 135 Å². The largest absolute Gasteiger partial charge is 0.348 e. The van der Waals surface area contributed by atoms with E-state index in [0.717, 1.165) is 26.2 Å². The average molecular weight is 312 g/mol. The van der Waals surface area contributed by atoms with Crippen molar-refractivity contribution < 1.29 is 0 Å². The van der Waals surface area contributed by atoms with E-state index in [1.165, 1.54) is 15.7 Å². The molecule has 0 radical (unpaired) electrons. The van der Waals surface area contributed by atoms with Crippen LogP contribution in [0, 0.1) is 24.7 Å². The van der Waals surface area contributed by atoms with Crippen LogP contribution in [0.1, 0.15) is 52.1 Å². The Kier molecular flexibility index (Phi) is 7.67. The van der Waals surface area contributed by atoms with E-state index < -0.39 is 0 Å². The maximum Gasteiger partial charge on any atom is 0.185 e. The molecule has 1 aromatic heterocycles. The molecule has 0 aliphatic carbocycles. The van der Waals surface area contributed by atoms with Crippen LogP contribution in [-0.4, -0.2) is 24.6 Å². The van der Waals surface area contributed by atoms with Crippen LogP contribution in [0.15, 0.2) is 0 Å². The Morgan fingerprint density at radius 2 is 1.57 bits per heavy atom. The molecule has 0 saturated heterocycles. The van der Waals surface area contributed by atoms with Gasteiger partial charge in [-0.2, -0.15) is 0 Å². The molecule has 0 aromatic carbocycles. The van der Waals surface area contributed by atoms with Gasteiger partial charge in [-0.25, -0.2) is 4.98 Å². The summed E-state index contributed by atoms with van der Waals surface area (Å²) in [6.07, 6.45) is 0. The number of aryl methyl sites for hydroxylation is 1. The minimum absolute atomic E-state index is 0.662. The zero-order valence-electron chi connectivity index (χ0n) is 14.9. The molecule has 0 unspecified atom stereocenters. The van der Waals surface area contributed by atoms with Gasteiger partial charge in [0.2, 0.25) is 0 Å². The number of hydrogen-bond donors (Lipinski definition) is 1. The highest BCUT2D eigenvalue weighted by Crippen LogP contribution is 2.27. The molecule has 3 nitrogen and oxygen atoms in total. The summed E-state index contributed by atoms with van der Waals surface area (Å²) in [6.45, 7) is 19.9. The summed E-state index contributed by atoms with van der Waals surface area (Å²) in [4.78, 5) is 8.65. The van der Waals surface area contributed by atoms with Crippen molar-refractivity contribution in [2.24, 2.45) is 17.8 Å². The number of nitrogens with one attached hydrogen (secondary N) is 1. The van der Waals surface area contributed by atoms with Crippen LogP contribution >= 0.6 is 11.3 Å². The number of hydrogen-bond acceptors (Lipinski definition) is 4. The first kappa shape index (κ1) is 18.4. The molecular formula is C17H33N3S. The van der Waals surface area contributed by atoms with Gasteiger partial charge in [-0.05, 0) is 31.2 Å². The topological polar surface area (TPSA) is 28.2 Å². The Bertz CT molecular complexity index is 400. The van der Waals surface area contributed by atoms with E-state index >= 15 is 0 Å². The molecule has 0 spiro atoms. The van der Waals surface area contributed by atoms with Crippen molar-refractivity contribution in [2.45, 2.75) is 55.0 Å². The molecule has 1 aromatic rings. The van der Waals surface area contributed by atoms with E-state index in [1.54, 1.807) is 0 Å². The second-order valence-electron chi connectivity index (χ2n) is 7.22. The minimum atomic E-state index is 0.662. The summed E-state index contributed by atoms with van der Waals surface area (Å²) >= 11 is 1.86. The fraction of sp³-hybridized carbons (Fsp3) is 0.824. The summed E-state index contributed by atoms with van der Waals surface area (Å²) in [5.74, 6) is 2.02. The molecule has 0 aliphatic rings. The van der Waals surface area contributed by atoms with E-state index in [2.05, 4.69) is 58.7 Å². The van der Waals surface area contributed by atoms with Crippen molar-refractivity contribution >= 4 is 16.5 Å². The van der Waals surface area contributed by atoms with Crippen molar-refractivity contribution in [3.8, 4) is 0 Å². The molecule has 21 heavy (non-hydrogen) atoms. The van der Waals surface area contributed by atoms with Crippen LogP contribution in [0.25, 0.3) is 0 Å². The standard InChI is InChI=1S/C17H33N3S/c1-12(2)8-18-9-16-15(7)19-17(21-16)20(10-13(3)4)11-14(5)6/h12-14,18H,8-11H2,1-7H3. The number of rotatable bonds is 9. The maximum absolute atomic E-state index is 4.82. The lowest BCUT2D eigenvalue weighted by molar-refractivity contribution is 0.551. The van der Waals surface area contributed by atoms with Crippen molar-refractivity contribution in [1.82, 2.24) is 10.3 Å². The molecule has 1 rings (SSSR count). The second kappa shape index (κ2) is 8.74. The van der Waals surface area contributed by atoms with E-state index in [-0.39, 0.29) is 0 Å². The van der Waals surface area contributed by atoms with Gasteiger partial charge >= 0.3 is 0 Å². The number of nitrogens with zero attached hydrogens (tertiary/aromatic N) is 2. The van der Waals surface area contributed by atoms with Crippen LogP contribution < -0.4 is 10.2 Å². The van der Waals surface area contributed by atoms with E-state index in [1.807, 2.05) is 11.3 Å². The molecule has 0 amide bonds. The molecule has 0 aliphatic heterocycles. The van der Waals surface area contributed by atoms with Gasteiger partial charge in [0.05, 0.1) is 5.69 Å². The number of anilines is 1. The first-order valence-electron chi connectivity index (χ1n) is 8.21. The minimum Gasteiger partial charge on any atom is -0.348 e. The fourth-order valence-electron chi connectivity index (χ4n) is 2.30. The van der Waals surface area contributed by atoms with E-state index in [4.69, 9.17) is 4.98 Å². The third-order valence-electron chi connectivity index (χ3n) is 3.16. The van der Waals surface area contributed by atoms with Gasteiger partial charge in [-0.15, -0.1) is 11.3 Å². The van der Waals surface area contributed by atoms with Crippen molar-refractivity contribution in [2.75, 3.05) is 24.5 Å². The Balaban J connectivity index is 2.75. The predicted octanol–water partition coefficient (Wildman–Crippen LogP) is 4.32. The van der Waals surface area contributed by atoms with Gasteiger partial charge in [0.15, 0.2) is 5.13 Å². The average Bonchev–Trinajstić information content (AvgIpc) is 2.68. The first-order valence-corrected chi connectivity index (χ1v) is 9.03. The zero-order valence-corrected chi connectivity index (χ0v) is 15.7. The number of thiazole rings is 1. The highest BCUT2D eigenvalue weighted by Gasteiger charge is 2.16. The third kappa shape index (κ3) is 6.79. The highest BCUT2D eigenvalue weighted by molar-refractivity contribution is 7.15. The Hall–Kier alpha value is -0.610. The molecule has 122 valence electrons. The van der Waals surface area contributed by atoms with Crippen LogP contribution in [0.3, 0.4) is 0 Å². The lowest BCUT2D eigenvalue weighted by Crippen LogP contribution is -2.31. The summed E-state index contributed by atoms with van der Waals surface area (Å²) in [5, 5.41) is 4.72. The normalized spacial score (nSPS) is 11.9. The summed E-state index contributed by atoms with van der Waals surface area (Å²) < 4.78 is 0. The maximum atomic E-state index is 4.82. The van der Waals surface area contributed by atoms with Gasteiger partial charge in [0, 0.05) is 24.5 Å². The first-order chi connectivity index (χ1) is 9.79. The van der Waals surface area contributed by atoms with Crippen LogP contribution in [0.4, 0.5) is 5.13 Å². The molecule has 0 saturated carbocycles. The summed E-state index contributed by atoms with van der Waals surface area (Å²) in [6, 6.07) is 0. The molecule has 0 bridgehead atoms. The van der Waals surface area contributed by atoms with Crippen LogP contribution in [-0.2, 0) is 6.54 Å². The molecule has 1 heterocycles. The molecule has 4 heteroatoms. The fourth-order valence-corrected chi connectivity index (χ4v) is 3.35. The van der Waals surface area contributed by atoms with Gasteiger partial charge in [0.25, 0.3) is 0 Å². The monoisotopic (exact) mass is 311 g/mol. The molecule has 0 atom stereocenters. The van der Waals surface area contributed by atoms with Gasteiger partial charge in [0.1, 0.15) is 0 Å². The smallest absolute Gasteiger partial charge is 0.185 e. The van der Waals surface area contributed by atoms with Gasteiger partial charge in [-0.3, -0.25) is 0 Å². The second-order valence-corrected chi connectivity index (χ2v) is 8.28. The van der Waals surface area contributed by atoms with Crippen molar-refractivity contribution in [1.29, 1.82) is 0 Å². The SMILES string of the molecule is Cc1nc(N(CC(C)C)CC(C)C)sc1CNCC(C)C. The highest BCUT2D eigenvalue weighted by atomic mass is 32.1. The van der Waals surface area contributed by atoms with E-state index in [9.17, 15) is 0 Å². The molecule has 1 N–H and O–H groups in total. The third-order valence-corrected chi connectivity index (χ3v) is 4.38. The lowest BCUT2D eigenvalue weighted by Gasteiger charge is -2.25. The van der Waals surface area contributed by atoms with Crippen molar-refractivity contribution in [3.63, 3.8) is 0 Å². The zero-order chi connectivity index (χ0) is 16.0. The van der Waals surface area contributed by atoms with E-state index in [0.29, 0.717) is 17.8 Å². The van der Waals surface area contributed by atoms with Crippen LogP contribution in [0.2, 0.25) is 0 Å².